The summed E-state index contributed by atoms with van der Waals surface area (Å²) in [6.45, 7) is 3.62. The molecule has 2 N–H and O–H groups in total. The van der Waals surface area contributed by atoms with Crippen LogP contribution in [0.15, 0.2) is 36.4 Å². The van der Waals surface area contributed by atoms with Crippen LogP contribution in [0.4, 0.5) is 5.69 Å². The molecule has 0 aromatic heterocycles. The maximum atomic E-state index is 12.2. The number of aromatic carboxylic acids is 1. The average Bonchev–Trinajstić information content (AvgIpc) is 2.51. The Morgan fingerprint density at radius 3 is 2.29 bits per heavy atom. The van der Waals surface area contributed by atoms with Gasteiger partial charge >= 0.3 is 0 Å². The molecule has 0 aliphatic heterocycles. The van der Waals surface area contributed by atoms with Crippen molar-refractivity contribution in [2.45, 2.75) is 13.8 Å². The predicted molar refractivity (Wildman–Crippen MR) is 95.4 cm³/mol. The number of halogens is 1. The third kappa shape index (κ3) is 4.31. The Morgan fingerprint density at radius 1 is 1.04 bits per heavy atom. The number of carboxylic acids is 1. The van der Waals surface area contributed by atoms with Gasteiger partial charge in [-0.3, -0.25) is 10.1 Å². The molecule has 2 rings (SSSR count). The average molecular weight is 362 g/mol. The summed E-state index contributed by atoms with van der Waals surface area (Å²) in [6.07, 6.45) is 0. The minimum absolute atomic E-state index is 0.0162. The summed E-state index contributed by atoms with van der Waals surface area (Å²) in [4.78, 5) is 23.1. The third-order valence-corrected chi connectivity index (χ3v) is 3.99. The van der Waals surface area contributed by atoms with E-state index in [1.807, 2.05) is 6.92 Å². The number of rotatable bonds is 3. The van der Waals surface area contributed by atoms with E-state index in [4.69, 9.17) is 23.8 Å². The quantitative estimate of drug-likeness (QED) is 0.821. The number of hydrogen-bond acceptors (Lipinski definition) is 4. The van der Waals surface area contributed by atoms with Gasteiger partial charge in [-0.2, -0.15) is 0 Å². The van der Waals surface area contributed by atoms with Crippen molar-refractivity contribution in [3.8, 4) is 0 Å². The molecule has 2 aromatic rings. The van der Waals surface area contributed by atoms with E-state index in [-0.39, 0.29) is 10.7 Å². The van der Waals surface area contributed by atoms with Crippen LogP contribution in [0.3, 0.4) is 0 Å². The molecule has 0 aliphatic carbocycles. The molecule has 7 heteroatoms. The first-order chi connectivity index (χ1) is 11.3. The monoisotopic (exact) mass is 361 g/mol. The molecule has 5 nitrogen and oxygen atoms in total. The molecule has 0 heterocycles. The van der Waals surface area contributed by atoms with Crippen molar-refractivity contribution in [1.82, 2.24) is 5.32 Å². The second-order valence-corrected chi connectivity index (χ2v) is 6.00. The molecule has 0 fully saturated rings. The van der Waals surface area contributed by atoms with Crippen LogP contribution in [0, 0.1) is 13.8 Å². The first-order valence-electron chi connectivity index (χ1n) is 6.98. The molecule has 1 amide bonds. The minimum Gasteiger partial charge on any atom is -0.545 e. The van der Waals surface area contributed by atoms with E-state index in [9.17, 15) is 14.7 Å². The van der Waals surface area contributed by atoms with Gasteiger partial charge in [-0.25, -0.2) is 0 Å². The number of hydrogen-bond donors (Lipinski definition) is 2. The highest BCUT2D eigenvalue weighted by atomic mass is 35.5. The fraction of sp³-hybridized carbons (Fsp3) is 0.118. The van der Waals surface area contributed by atoms with Crippen molar-refractivity contribution in [1.29, 1.82) is 0 Å². The second kappa shape index (κ2) is 7.42. The van der Waals surface area contributed by atoms with Crippen LogP contribution in [-0.4, -0.2) is 17.0 Å². The Morgan fingerprint density at radius 2 is 1.67 bits per heavy atom. The van der Waals surface area contributed by atoms with Gasteiger partial charge in [0.2, 0.25) is 0 Å². The molecule has 0 radical (unpaired) electrons. The first-order valence-corrected chi connectivity index (χ1v) is 7.77. The summed E-state index contributed by atoms with van der Waals surface area (Å²) in [7, 11) is 0. The zero-order chi connectivity index (χ0) is 17.9. The van der Waals surface area contributed by atoms with Gasteiger partial charge < -0.3 is 15.2 Å². The first kappa shape index (κ1) is 17.9. The van der Waals surface area contributed by atoms with Gasteiger partial charge in [-0.15, -0.1) is 0 Å². The lowest BCUT2D eigenvalue weighted by Gasteiger charge is -2.14. The normalized spacial score (nSPS) is 10.1. The summed E-state index contributed by atoms with van der Waals surface area (Å²) in [5.74, 6) is -1.70. The lowest BCUT2D eigenvalue weighted by atomic mass is 10.1. The van der Waals surface area contributed by atoms with E-state index in [0.717, 1.165) is 11.1 Å². The summed E-state index contributed by atoms with van der Waals surface area (Å²) in [6, 6.07) is 9.38. The van der Waals surface area contributed by atoms with Crippen molar-refractivity contribution in [2.75, 3.05) is 5.32 Å². The highest BCUT2D eigenvalue weighted by molar-refractivity contribution is 7.80. The van der Waals surface area contributed by atoms with E-state index in [0.29, 0.717) is 16.3 Å². The number of anilines is 1. The molecule has 0 aliphatic rings. The molecule has 24 heavy (non-hydrogen) atoms. The Balaban J connectivity index is 2.10. The van der Waals surface area contributed by atoms with Crippen LogP contribution in [-0.2, 0) is 0 Å². The molecule has 0 saturated heterocycles. The molecule has 2 aromatic carbocycles. The topological polar surface area (TPSA) is 81.3 Å². The lowest BCUT2D eigenvalue weighted by molar-refractivity contribution is -0.255. The van der Waals surface area contributed by atoms with Gasteiger partial charge in [-0.1, -0.05) is 29.8 Å². The fourth-order valence-corrected chi connectivity index (χ4v) is 2.33. The van der Waals surface area contributed by atoms with Gasteiger partial charge in [0.05, 0.1) is 5.97 Å². The molecule has 0 saturated carbocycles. The lowest BCUT2D eigenvalue weighted by Crippen LogP contribution is -2.34. The van der Waals surface area contributed by atoms with Gasteiger partial charge in [-0.05, 0) is 61.0 Å². The number of nitrogens with one attached hydrogen (secondary N) is 2. The van der Waals surface area contributed by atoms with Crippen LogP contribution < -0.4 is 15.7 Å². The summed E-state index contributed by atoms with van der Waals surface area (Å²) < 4.78 is 0. The van der Waals surface area contributed by atoms with Gasteiger partial charge in [0.1, 0.15) is 0 Å². The predicted octanol–water partition coefficient (Wildman–Crippen LogP) is 2.45. The van der Waals surface area contributed by atoms with Gasteiger partial charge in [0.15, 0.2) is 5.11 Å². The Kier molecular flexibility index (Phi) is 5.54. The Hall–Kier alpha value is -2.44. The standard InChI is InChI=1S/C17H15ClN2O3S/c1-9-3-5-11(7-13(9)18)15(21)20-17(24)19-14-8-12(16(22)23)6-4-10(14)2/h3-8H,1-2H3,(H,22,23)(H2,19,20,21,24)/p-1. The smallest absolute Gasteiger partial charge is 0.257 e. The van der Waals surface area contributed by atoms with Crippen LogP contribution in [0.2, 0.25) is 5.02 Å². The molecule has 0 atom stereocenters. The van der Waals surface area contributed by atoms with E-state index < -0.39 is 11.9 Å². The summed E-state index contributed by atoms with van der Waals surface area (Å²) in [5, 5.41) is 16.8. The Labute approximate surface area is 149 Å². The SMILES string of the molecule is Cc1ccc(C(=O)NC(=S)Nc2cc(C(=O)[O-])ccc2C)cc1Cl. The number of aryl methyl sites for hydroxylation is 2. The van der Waals surface area contributed by atoms with E-state index >= 15 is 0 Å². The molecule has 0 bridgehead atoms. The van der Waals surface area contributed by atoms with Crippen LogP contribution in [0.5, 0.6) is 0 Å². The highest BCUT2D eigenvalue weighted by Gasteiger charge is 2.10. The maximum Gasteiger partial charge on any atom is 0.257 e. The number of benzene rings is 2. The van der Waals surface area contributed by atoms with Crippen molar-refractivity contribution >= 4 is 46.5 Å². The van der Waals surface area contributed by atoms with Crippen molar-refractivity contribution < 1.29 is 14.7 Å². The molecular formula is C17H14ClN2O3S-. The highest BCUT2D eigenvalue weighted by Crippen LogP contribution is 2.18. The van der Waals surface area contributed by atoms with Gasteiger partial charge in [0.25, 0.3) is 5.91 Å². The van der Waals surface area contributed by atoms with E-state index in [1.54, 1.807) is 31.2 Å². The molecule has 124 valence electrons. The fourth-order valence-electron chi connectivity index (χ4n) is 1.95. The maximum absolute atomic E-state index is 12.2. The Bertz CT molecular complexity index is 837. The van der Waals surface area contributed by atoms with Crippen molar-refractivity contribution in [2.24, 2.45) is 0 Å². The van der Waals surface area contributed by atoms with Gasteiger partial charge in [0, 0.05) is 16.3 Å². The molecule has 0 spiro atoms. The zero-order valence-electron chi connectivity index (χ0n) is 13.0. The van der Waals surface area contributed by atoms with Crippen LogP contribution in [0.25, 0.3) is 0 Å². The number of carbonyl (C=O) groups is 2. The largest absolute Gasteiger partial charge is 0.545 e. The molecular weight excluding hydrogens is 348 g/mol. The van der Waals surface area contributed by atoms with E-state index in [1.165, 1.54) is 12.1 Å². The van der Waals surface area contributed by atoms with E-state index in [2.05, 4.69) is 10.6 Å². The summed E-state index contributed by atoms with van der Waals surface area (Å²) in [5.41, 5.74) is 2.50. The molecule has 0 unspecified atom stereocenters. The van der Waals surface area contributed by atoms with Crippen molar-refractivity contribution in [3.05, 3.63) is 63.7 Å². The second-order valence-electron chi connectivity index (χ2n) is 5.19. The number of carbonyl (C=O) groups excluding carboxylic acids is 2. The van der Waals surface area contributed by atoms with Crippen molar-refractivity contribution in [3.63, 3.8) is 0 Å². The number of carboxylic acid groups (broad SMARTS) is 1. The van der Waals surface area contributed by atoms with Crippen LogP contribution >= 0.6 is 23.8 Å². The zero-order valence-corrected chi connectivity index (χ0v) is 14.5. The van der Waals surface area contributed by atoms with Crippen LogP contribution in [0.1, 0.15) is 31.8 Å². The summed E-state index contributed by atoms with van der Waals surface area (Å²) >= 11 is 11.1. The number of amides is 1. The third-order valence-electron chi connectivity index (χ3n) is 3.38. The number of thiocarbonyl (C=S) groups is 1. The minimum atomic E-state index is -1.29.